The van der Waals surface area contributed by atoms with E-state index in [2.05, 4.69) is 0 Å². The second-order valence-electron chi connectivity index (χ2n) is 4.69. The lowest BCUT2D eigenvalue weighted by molar-refractivity contribution is -0.148. The van der Waals surface area contributed by atoms with Crippen molar-refractivity contribution in [2.45, 2.75) is 6.18 Å². The largest absolute Gasteiger partial charge is 0.401 e. The fourth-order valence-electron chi connectivity index (χ4n) is 2.17. The summed E-state index contributed by atoms with van der Waals surface area (Å²) in [6.07, 6.45) is -4.20. The Morgan fingerprint density at radius 1 is 1.19 bits per heavy atom. The number of nitrogens with zero attached hydrogens (tertiary/aromatic N) is 2. The molecule has 1 aromatic carbocycles. The van der Waals surface area contributed by atoms with Gasteiger partial charge in [0, 0.05) is 36.8 Å². The molecule has 0 aromatic heterocycles. The number of piperazine rings is 1. The van der Waals surface area contributed by atoms with Gasteiger partial charge in [0.2, 0.25) is 0 Å². The smallest absolute Gasteiger partial charge is 0.336 e. The summed E-state index contributed by atoms with van der Waals surface area (Å²) in [5, 5.41) is 0.464. The summed E-state index contributed by atoms with van der Waals surface area (Å²) in [6.45, 7) is 0.118. The first-order valence-corrected chi connectivity index (χ1v) is 6.57. The minimum absolute atomic E-state index is 0. The van der Waals surface area contributed by atoms with E-state index in [1.165, 1.54) is 4.90 Å². The Balaban J connectivity index is 0.00000220. The summed E-state index contributed by atoms with van der Waals surface area (Å²) < 4.78 is 36.8. The Morgan fingerprint density at radius 2 is 1.81 bits per heavy atom. The first-order chi connectivity index (χ1) is 9.35. The van der Waals surface area contributed by atoms with Gasteiger partial charge in [-0.25, -0.2) is 0 Å². The monoisotopic (exact) mass is 342 g/mol. The van der Waals surface area contributed by atoms with Gasteiger partial charge in [-0.15, -0.1) is 12.4 Å². The van der Waals surface area contributed by atoms with Crippen molar-refractivity contribution in [2.24, 2.45) is 0 Å². The van der Waals surface area contributed by atoms with E-state index in [9.17, 15) is 18.0 Å². The molecule has 0 spiro atoms. The minimum atomic E-state index is -4.20. The summed E-state index contributed by atoms with van der Waals surface area (Å²) in [7, 11) is 0. The Bertz CT molecular complexity index is 489. The van der Waals surface area contributed by atoms with E-state index in [0.717, 1.165) is 0 Å². The van der Waals surface area contributed by atoms with Crippen LogP contribution < -0.4 is 0 Å². The van der Waals surface area contributed by atoms with E-state index in [1.54, 1.807) is 29.2 Å². The van der Waals surface area contributed by atoms with Gasteiger partial charge in [0.05, 0.1) is 6.54 Å². The highest BCUT2D eigenvalue weighted by Gasteiger charge is 2.32. The predicted octanol–water partition coefficient (Wildman–Crippen LogP) is 3.08. The van der Waals surface area contributed by atoms with Crippen LogP contribution in [0.25, 0.3) is 0 Å². The van der Waals surface area contributed by atoms with Crippen LogP contribution in [0.3, 0.4) is 0 Å². The molecule has 0 N–H and O–H groups in total. The highest BCUT2D eigenvalue weighted by molar-refractivity contribution is 6.30. The lowest BCUT2D eigenvalue weighted by atomic mass is 10.2. The van der Waals surface area contributed by atoms with Crippen molar-refractivity contribution < 1.29 is 18.0 Å². The van der Waals surface area contributed by atoms with Gasteiger partial charge in [0.1, 0.15) is 0 Å². The van der Waals surface area contributed by atoms with Gasteiger partial charge >= 0.3 is 6.18 Å². The van der Waals surface area contributed by atoms with Crippen molar-refractivity contribution in [3.63, 3.8) is 0 Å². The topological polar surface area (TPSA) is 23.6 Å². The highest BCUT2D eigenvalue weighted by atomic mass is 35.5. The number of rotatable bonds is 2. The lowest BCUT2D eigenvalue weighted by Gasteiger charge is -2.35. The molecule has 1 aliphatic rings. The quantitative estimate of drug-likeness (QED) is 0.824. The summed E-state index contributed by atoms with van der Waals surface area (Å²) in [6, 6.07) is 6.55. The van der Waals surface area contributed by atoms with Crippen LogP contribution >= 0.6 is 24.0 Å². The molecule has 0 radical (unpaired) electrons. The van der Waals surface area contributed by atoms with Gasteiger partial charge in [-0.05, 0) is 18.2 Å². The number of halogens is 5. The predicted molar refractivity (Wildman–Crippen MR) is 77.1 cm³/mol. The third-order valence-corrected chi connectivity index (χ3v) is 3.37. The average Bonchev–Trinajstić information content (AvgIpc) is 2.37. The zero-order valence-corrected chi connectivity index (χ0v) is 12.6. The minimum Gasteiger partial charge on any atom is -0.336 e. The van der Waals surface area contributed by atoms with Crippen LogP contribution in [0.1, 0.15) is 10.4 Å². The van der Waals surface area contributed by atoms with Gasteiger partial charge in [0.15, 0.2) is 0 Å². The van der Waals surface area contributed by atoms with Gasteiger partial charge < -0.3 is 4.90 Å². The summed E-state index contributed by atoms with van der Waals surface area (Å²) in [5.74, 6) is -0.195. The summed E-state index contributed by atoms with van der Waals surface area (Å²) >= 11 is 5.82. The van der Waals surface area contributed by atoms with E-state index in [0.29, 0.717) is 23.7 Å². The molecule has 1 aromatic rings. The number of benzene rings is 1. The molecule has 0 aliphatic carbocycles. The number of alkyl halides is 3. The fraction of sp³-hybridized carbons (Fsp3) is 0.462. The van der Waals surface area contributed by atoms with E-state index in [4.69, 9.17) is 11.6 Å². The van der Waals surface area contributed by atoms with Crippen LogP contribution in [0.15, 0.2) is 24.3 Å². The number of carbonyl (C=O) groups is 1. The van der Waals surface area contributed by atoms with E-state index < -0.39 is 12.7 Å². The lowest BCUT2D eigenvalue weighted by Crippen LogP contribution is -2.50. The summed E-state index contributed by atoms with van der Waals surface area (Å²) in [4.78, 5) is 15.0. The van der Waals surface area contributed by atoms with Gasteiger partial charge in [0.25, 0.3) is 5.91 Å². The number of hydrogen-bond donors (Lipinski definition) is 0. The Kier molecular flexibility index (Phi) is 6.31. The van der Waals surface area contributed by atoms with E-state index >= 15 is 0 Å². The maximum Gasteiger partial charge on any atom is 0.401 e. The molecule has 1 saturated heterocycles. The number of amides is 1. The first kappa shape index (κ1) is 18.1. The number of hydrogen-bond acceptors (Lipinski definition) is 2. The third kappa shape index (κ3) is 5.37. The highest BCUT2D eigenvalue weighted by Crippen LogP contribution is 2.18. The molecule has 0 atom stereocenters. The molecular weight excluding hydrogens is 328 g/mol. The number of carbonyl (C=O) groups excluding carboxylic acids is 1. The Morgan fingerprint density at radius 3 is 2.33 bits per heavy atom. The van der Waals surface area contributed by atoms with E-state index in [-0.39, 0.29) is 31.4 Å². The van der Waals surface area contributed by atoms with Crippen molar-refractivity contribution in [1.29, 1.82) is 0 Å². The average molecular weight is 343 g/mol. The molecule has 1 aliphatic heterocycles. The summed E-state index contributed by atoms with van der Waals surface area (Å²) in [5.41, 5.74) is 0.460. The zero-order chi connectivity index (χ0) is 14.8. The fourth-order valence-corrected chi connectivity index (χ4v) is 2.36. The molecule has 118 valence electrons. The van der Waals surface area contributed by atoms with Crippen LogP contribution in [-0.4, -0.2) is 54.6 Å². The van der Waals surface area contributed by atoms with Crippen LogP contribution in [0, 0.1) is 0 Å². The SMILES string of the molecule is Cl.O=C(c1cccc(Cl)c1)N1CCN(CC(F)(F)F)CC1. The molecule has 8 heteroatoms. The van der Waals surface area contributed by atoms with Crippen molar-refractivity contribution in [2.75, 3.05) is 32.7 Å². The zero-order valence-electron chi connectivity index (χ0n) is 11.1. The maximum atomic E-state index is 12.3. The van der Waals surface area contributed by atoms with Crippen molar-refractivity contribution >= 4 is 29.9 Å². The second kappa shape index (κ2) is 7.33. The Hall–Kier alpha value is -0.980. The van der Waals surface area contributed by atoms with Crippen LogP contribution in [0.4, 0.5) is 13.2 Å². The molecule has 1 heterocycles. The molecule has 3 nitrogen and oxygen atoms in total. The molecule has 1 amide bonds. The molecule has 1 fully saturated rings. The Labute approximate surface area is 132 Å². The molecule has 0 saturated carbocycles. The maximum absolute atomic E-state index is 12.3. The van der Waals surface area contributed by atoms with Crippen molar-refractivity contribution in [3.8, 4) is 0 Å². The first-order valence-electron chi connectivity index (χ1n) is 6.19. The van der Waals surface area contributed by atoms with Crippen molar-refractivity contribution in [3.05, 3.63) is 34.9 Å². The van der Waals surface area contributed by atoms with Crippen LogP contribution in [0.2, 0.25) is 5.02 Å². The van der Waals surface area contributed by atoms with Crippen molar-refractivity contribution in [1.82, 2.24) is 9.80 Å². The van der Waals surface area contributed by atoms with Gasteiger partial charge in [-0.3, -0.25) is 9.69 Å². The van der Waals surface area contributed by atoms with Gasteiger partial charge in [-0.2, -0.15) is 13.2 Å². The van der Waals surface area contributed by atoms with E-state index in [1.807, 2.05) is 0 Å². The molecule has 0 unspecified atom stereocenters. The normalized spacial score (nSPS) is 16.5. The molecule has 2 rings (SSSR count). The molecular formula is C13H15Cl2F3N2O. The third-order valence-electron chi connectivity index (χ3n) is 3.13. The standard InChI is InChI=1S/C13H14ClF3N2O.ClH/c14-11-3-1-2-10(8-11)12(20)19-6-4-18(5-7-19)9-13(15,16)17;/h1-3,8H,4-7,9H2;1H. The van der Waals surface area contributed by atoms with Gasteiger partial charge in [-0.1, -0.05) is 17.7 Å². The second-order valence-corrected chi connectivity index (χ2v) is 5.13. The van der Waals surface area contributed by atoms with Crippen LogP contribution in [-0.2, 0) is 0 Å². The molecule has 21 heavy (non-hydrogen) atoms. The van der Waals surface area contributed by atoms with Crippen LogP contribution in [0.5, 0.6) is 0 Å². The molecule has 0 bridgehead atoms.